The molecule has 0 amide bonds. The minimum atomic E-state index is -3.37. The number of sulfonamides is 1. The Balaban J connectivity index is 2.59. The second-order valence-electron chi connectivity index (χ2n) is 4.75. The zero-order valence-corrected chi connectivity index (χ0v) is 13.3. The average molecular weight is 304 g/mol. The van der Waals surface area contributed by atoms with Gasteiger partial charge in [-0.05, 0) is 29.3 Å². The Labute approximate surface area is 120 Å². The predicted octanol–water partition coefficient (Wildman–Crippen LogP) is 2.70. The molecule has 0 saturated carbocycles. The van der Waals surface area contributed by atoms with Crippen molar-refractivity contribution >= 4 is 21.4 Å². The van der Waals surface area contributed by atoms with Gasteiger partial charge in [-0.25, -0.2) is 13.1 Å². The van der Waals surface area contributed by atoms with Crippen molar-refractivity contribution in [2.75, 3.05) is 6.54 Å². The summed E-state index contributed by atoms with van der Waals surface area (Å²) in [5.74, 6) is 0.420. The summed E-state index contributed by atoms with van der Waals surface area (Å²) in [5.41, 5.74) is 6.36. The van der Waals surface area contributed by atoms with Crippen LogP contribution in [0.15, 0.2) is 15.7 Å². The highest BCUT2D eigenvalue weighted by Crippen LogP contribution is 2.20. The number of rotatable bonds is 9. The van der Waals surface area contributed by atoms with E-state index in [1.54, 1.807) is 11.4 Å². The summed E-state index contributed by atoms with van der Waals surface area (Å²) in [6, 6.07) is 1.65. The fourth-order valence-electron chi connectivity index (χ4n) is 1.84. The van der Waals surface area contributed by atoms with Gasteiger partial charge in [-0.3, -0.25) is 0 Å². The minimum absolute atomic E-state index is 0.360. The predicted molar refractivity (Wildman–Crippen MR) is 80.7 cm³/mol. The summed E-state index contributed by atoms with van der Waals surface area (Å²) in [6.07, 6.45) is 4.37. The molecular formula is C13H24N2O2S2. The Morgan fingerprint density at radius 1 is 1.42 bits per heavy atom. The first-order valence-corrected chi connectivity index (χ1v) is 9.16. The minimum Gasteiger partial charge on any atom is -0.326 e. The second-order valence-corrected chi connectivity index (χ2v) is 7.65. The maximum absolute atomic E-state index is 12.1. The summed E-state index contributed by atoms with van der Waals surface area (Å²) >= 11 is 1.23. The van der Waals surface area contributed by atoms with Crippen LogP contribution in [0.5, 0.6) is 0 Å². The first kappa shape index (κ1) is 16.6. The Morgan fingerprint density at radius 2 is 2.16 bits per heavy atom. The molecule has 0 aliphatic carbocycles. The van der Waals surface area contributed by atoms with Crippen LogP contribution in [-0.4, -0.2) is 15.0 Å². The van der Waals surface area contributed by atoms with Crippen LogP contribution in [0.1, 0.15) is 45.1 Å². The van der Waals surface area contributed by atoms with E-state index in [0.717, 1.165) is 31.2 Å². The summed E-state index contributed by atoms with van der Waals surface area (Å²) in [7, 11) is -3.37. The van der Waals surface area contributed by atoms with Crippen LogP contribution in [0.25, 0.3) is 0 Å². The van der Waals surface area contributed by atoms with E-state index in [1.165, 1.54) is 11.3 Å². The molecule has 6 heteroatoms. The molecule has 1 atom stereocenters. The molecule has 0 aromatic carbocycles. The van der Waals surface area contributed by atoms with Gasteiger partial charge in [0.25, 0.3) is 0 Å². The van der Waals surface area contributed by atoms with Crippen LogP contribution in [0, 0.1) is 5.92 Å². The van der Waals surface area contributed by atoms with E-state index in [-0.39, 0.29) is 0 Å². The van der Waals surface area contributed by atoms with Crippen molar-refractivity contribution < 1.29 is 8.42 Å². The van der Waals surface area contributed by atoms with Crippen molar-refractivity contribution in [3.8, 4) is 0 Å². The van der Waals surface area contributed by atoms with Gasteiger partial charge in [0.2, 0.25) is 10.0 Å². The Bertz CT molecular complexity index is 469. The summed E-state index contributed by atoms with van der Waals surface area (Å²) in [4.78, 5) is 0. The lowest BCUT2D eigenvalue weighted by atomic mass is 10.00. The van der Waals surface area contributed by atoms with E-state index >= 15 is 0 Å². The van der Waals surface area contributed by atoms with Gasteiger partial charge in [0.1, 0.15) is 4.21 Å². The smallest absolute Gasteiger partial charge is 0.250 e. The number of hydrogen-bond acceptors (Lipinski definition) is 4. The summed E-state index contributed by atoms with van der Waals surface area (Å²) in [6.45, 7) is 5.15. The SMILES string of the molecule is CCCCC(CC)CNS(=O)(=O)c1cc(CN)cs1. The van der Waals surface area contributed by atoms with E-state index in [0.29, 0.717) is 23.2 Å². The number of hydrogen-bond donors (Lipinski definition) is 2. The van der Waals surface area contributed by atoms with Crippen molar-refractivity contribution in [1.29, 1.82) is 0 Å². The van der Waals surface area contributed by atoms with Gasteiger partial charge in [0, 0.05) is 13.1 Å². The maximum Gasteiger partial charge on any atom is 0.250 e. The summed E-state index contributed by atoms with van der Waals surface area (Å²) < 4.78 is 27.3. The first-order chi connectivity index (χ1) is 9.03. The lowest BCUT2D eigenvalue weighted by Gasteiger charge is -2.14. The van der Waals surface area contributed by atoms with Gasteiger partial charge in [-0.1, -0.05) is 33.1 Å². The number of nitrogens with one attached hydrogen (secondary N) is 1. The topological polar surface area (TPSA) is 72.2 Å². The molecule has 0 aliphatic rings. The van der Waals surface area contributed by atoms with Gasteiger partial charge in [-0.15, -0.1) is 11.3 Å². The molecular weight excluding hydrogens is 280 g/mol. The molecule has 4 nitrogen and oxygen atoms in total. The highest BCUT2D eigenvalue weighted by Gasteiger charge is 2.18. The lowest BCUT2D eigenvalue weighted by molar-refractivity contribution is 0.444. The van der Waals surface area contributed by atoms with E-state index in [4.69, 9.17) is 5.73 Å². The largest absolute Gasteiger partial charge is 0.326 e. The molecule has 1 rings (SSSR count). The molecule has 1 heterocycles. The molecule has 3 N–H and O–H groups in total. The first-order valence-electron chi connectivity index (χ1n) is 6.80. The molecule has 1 aromatic heterocycles. The third kappa shape index (κ3) is 5.22. The van der Waals surface area contributed by atoms with E-state index < -0.39 is 10.0 Å². The number of thiophene rings is 1. The van der Waals surface area contributed by atoms with Gasteiger partial charge in [0.15, 0.2) is 0 Å². The van der Waals surface area contributed by atoms with Crippen LogP contribution < -0.4 is 10.5 Å². The Hall–Kier alpha value is -0.430. The molecule has 0 fully saturated rings. The zero-order valence-electron chi connectivity index (χ0n) is 11.7. The fourth-order valence-corrected chi connectivity index (χ4v) is 4.23. The zero-order chi connectivity index (χ0) is 14.3. The van der Waals surface area contributed by atoms with Crippen molar-refractivity contribution in [2.24, 2.45) is 11.7 Å². The van der Waals surface area contributed by atoms with Crippen LogP contribution in [0.2, 0.25) is 0 Å². The van der Waals surface area contributed by atoms with Crippen LogP contribution in [0.4, 0.5) is 0 Å². The Morgan fingerprint density at radius 3 is 2.68 bits per heavy atom. The summed E-state index contributed by atoms with van der Waals surface area (Å²) in [5, 5.41) is 1.79. The Kier molecular flexibility index (Phi) is 6.99. The average Bonchev–Trinajstić information content (AvgIpc) is 2.88. The molecule has 0 spiro atoms. The molecule has 1 unspecified atom stereocenters. The molecule has 110 valence electrons. The highest BCUT2D eigenvalue weighted by atomic mass is 32.2. The standard InChI is InChI=1S/C13H24N2O2S2/c1-3-5-6-11(4-2)9-15-19(16,17)13-7-12(8-14)10-18-13/h7,10-11,15H,3-6,8-9,14H2,1-2H3. The van der Waals surface area contributed by atoms with Crippen molar-refractivity contribution in [1.82, 2.24) is 4.72 Å². The van der Waals surface area contributed by atoms with E-state index in [1.807, 2.05) is 0 Å². The molecule has 19 heavy (non-hydrogen) atoms. The quantitative estimate of drug-likeness (QED) is 0.737. The van der Waals surface area contributed by atoms with Gasteiger partial charge in [-0.2, -0.15) is 0 Å². The van der Waals surface area contributed by atoms with Crippen molar-refractivity contribution in [2.45, 2.75) is 50.3 Å². The lowest BCUT2D eigenvalue weighted by Crippen LogP contribution is -2.28. The number of nitrogens with two attached hydrogens (primary N) is 1. The molecule has 0 radical (unpaired) electrons. The molecule has 0 bridgehead atoms. The monoisotopic (exact) mass is 304 g/mol. The van der Waals surface area contributed by atoms with Crippen LogP contribution in [0.3, 0.4) is 0 Å². The second kappa shape index (κ2) is 7.99. The normalized spacial score (nSPS) is 13.6. The third-order valence-corrected chi connectivity index (χ3v) is 6.15. The van der Waals surface area contributed by atoms with Gasteiger partial charge in [0.05, 0.1) is 0 Å². The third-order valence-electron chi connectivity index (χ3n) is 3.24. The molecule has 0 saturated heterocycles. The van der Waals surface area contributed by atoms with Gasteiger partial charge >= 0.3 is 0 Å². The van der Waals surface area contributed by atoms with Gasteiger partial charge < -0.3 is 5.73 Å². The van der Waals surface area contributed by atoms with Crippen LogP contribution >= 0.6 is 11.3 Å². The maximum atomic E-state index is 12.1. The fraction of sp³-hybridized carbons (Fsp3) is 0.692. The number of unbranched alkanes of at least 4 members (excludes halogenated alkanes) is 1. The van der Waals surface area contributed by atoms with E-state index in [2.05, 4.69) is 18.6 Å². The highest BCUT2D eigenvalue weighted by molar-refractivity contribution is 7.91. The molecule has 1 aromatic rings. The van der Waals surface area contributed by atoms with Crippen molar-refractivity contribution in [3.63, 3.8) is 0 Å². The van der Waals surface area contributed by atoms with Crippen molar-refractivity contribution in [3.05, 3.63) is 17.0 Å². The molecule has 0 aliphatic heterocycles. The van der Waals surface area contributed by atoms with E-state index in [9.17, 15) is 8.42 Å². The van der Waals surface area contributed by atoms with Crippen LogP contribution in [-0.2, 0) is 16.6 Å².